The van der Waals surface area contributed by atoms with E-state index in [1.807, 2.05) is 18.3 Å². The number of aliphatic carboxylic acids is 1. The van der Waals surface area contributed by atoms with E-state index in [0.717, 1.165) is 5.69 Å². The van der Waals surface area contributed by atoms with Crippen LogP contribution in [-0.2, 0) is 4.79 Å². The van der Waals surface area contributed by atoms with Gasteiger partial charge in [0.1, 0.15) is 0 Å². The molecule has 2 N–H and O–H groups in total. The van der Waals surface area contributed by atoms with E-state index in [0.29, 0.717) is 0 Å². The first kappa shape index (κ1) is 11.2. The van der Waals surface area contributed by atoms with Crippen LogP contribution in [0.4, 0.5) is 0 Å². The van der Waals surface area contributed by atoms with Crippen LogP contribution in [0.5, 0.6) is 0 Å². The summed E-state index contributed by atoms with van der Waals surface area (Å²) in [5.41, 5.74) is 1.25. The lowest BCUT2D eigenvalue weighted by Gasteiger charge is -1.79. The molecule has 70 valence electrons. The van der Waals surface area contributed by atoms with Crippen LogP contribution in [0, 0.1) is 0 Å². The molecule has 1 aromatic heterocycles. The molecule has 0 amide bonds. The number of carbonyl (C=O) groups is 1. The van der Waals surface area contributed by atoms with Gasteiger partial charge < -0.3 is 10.1 Å². The molecular formula is C10H13NO2. The Morgan fingerprint density at radius 2 is 2.23 bits per heavy atom. The molecule has 0 aliphatic rings. The van der Waals surface area contributed by atoms with Crippen LogP contribution in [0.15, 0.2) is 37.1 Å². The number of hydrogen-bond acceptors (Lipinski definition) is 1. The molecule has 0 atom stereocenters. The third-order valence-corrected chi connectivity index (χ3v) is 1.21. The second kappa shape index (κ2) is 5.83. The smallest absolute Gasteiger partial charge is 0.330 e. The largest absolute Gasteiger partial charge is 0.478 e. The van der Waals surface area contributed by atoms with E-state index in [2.05, 4.69) is 18.1 Å². The van der Waals surface area contributed by atoms with Crippen LogP contribution in [0.2, 0.25) is 0 Å². The third kappa shape index (κ3) is 5.49. The highest BCUT2D eigenvalue weighted by Gasteiger charge is 1.90. The van der Waals surface area contributed by atoms with E-state index in [4.69, 9.17) is 5.11 Å². The van der Waals surface area contributed by atoms with Crippen LogP contribution < -0.4 is 0 Å². The number of aromatic nitrogens is 1. The summed E-state index contributed by atoms with van der Waals surface area (Å²) in [6.45, 7) is 8.17. The SMILES string of the molecule is C=C(C)C(=O)O.C=Cc1ccc[nH]1. The Hall–Kier alpha value is -1.77. The van der Waals surface area contributed by atoms with Crippen molar-refractivity contribution in [2.75, 3.05) is 0 Å². The maximum atomic E-state index is 9.60. The molecule has 13 heavy (non-hydrogen) atoms. The molecule has 0 saturated heterocycles. The number of aromatic amines is 1. The van der Waals surface area contributed by atoms with Gasteiger partial charge in [-0.1, -0.05) is 13.2 Å². The van der Waals surface area contributed by atoms with Gasteiger partial charge in [0.15, 0.2) is 0 Å². The molecule has 0 saturated carbocycles. The number of rotatable bonds is 2. The highest BCUT2D eigenvalue weighted by atomic mass is 16.4. The van der Waals surface area contributed by atoms with Crippen LogP contribution in [0.1, 0.15) is 12.6 Å². The summed E-state index contributed by atoms with van der Waals surface area (Å²) >= 11 is 0. The van der Waals surface area contributed by atoms with Crippen molar-refractivity contribution in [3.05, 3.63) is 42.8 Å². The minimum absolute atomic E-state index is 0.176. The van der Waals surface area contributed by atoms with Gasteiger partial charge in [-0.25, -0.2) is 4.79 Å². The molecule has 0 aromatic carbocycles. The first-order valence-electron chi connectivity index (χ1n) is 3.72. The quantitative estimate of drug-likeness (QED) is 0.684. The monoisotopic (exact) mass is 179 g/mol. The highest BCUT2D eigenvalue weighted by molar-refractivity contribution is 5.84. The fraction of sp³-hybridized carbons (Fsp3) is 0.100. The van der Waals surface area contributed by atoms with Gasteiger partial charge in [0.25, 0.3) is 0 Å². The van der Waals surface area contributed by atoms with E-state index >= 15 is 0 Å². The Morgan fingerprint density at radius 3 is 2.38 bits per heavy atom. The zero-order valence-electron chi connectivity index (χ0n) is 7.58. The lowest BCUT2D eigenvalue weighted by atomic mass is 10.4. The van der Waals surface area contributed by atoms with E-state index in [9.17, 15) is 4.79 Å². The molecule has 0 aliphatic carbocycles. The summed E-state index contributed by atoms with van der Waals surface area (Å²) in [5.74, 6) is -0.935. The highest BCUT2D eigenvalue weighted by Crippen LogP contribution is 1.92. The Kier molecular flexibility index (Phi) is 5.03. The van der Waals surface area contributed by atoms with Gasteiger partial charge >= 0.3 is 5.97 Å². The topological polar surface area (TPSA) is 53.1 Å². The number of carboxylic acids is 1. The molecule has 1 aromatic rings. The lowest BCUT2D eigenvalue weighted by molar-refractivity contribution is -0.132. The summed E-state index contributed by atoms with van der Waals surface area (Å²) < 4.78 is 0. The Labute approximate surface area is 77.4 Å². The average molecular weight is 179 g/mol. The summed E-state index contributed by atoms with van der Waals surface area (Å²) in [4.78, 5) is 12.6. The van der Waals surface area contributed by atoms with Crippen LogP contribution in [0.3, 0.4) is 0 Å². The number of H-pyrrole nitrogens is 1. The Morgan fingerprint density at radius 1 is 1.69 bits per heavy atom. The Balaban J connectivity index is 0.000000226. The van der Waals surface area contributed by atoms with Crippen LogP contribution in [-0.4, -0.2) is 16.1 Å². The maximum Gasteiger partial charge on any atom is 0.330 e. The van der Waals surface area contributed by atoms with E-state index in [1.54, 1.807) is 6.08 Å². The van der Waals surface area contributed by atoms with Gasteiger partial charge in [-0.05, 0) is 25.1 Å². The van der Waals surface area contributed by atoms with Crippen LogP contribution >= 0.6 is 0 Å². The van der Waals surface area contributed by atoms with Crippen molar-refractivity contribution in [2.24, 2.45) is 0 Å². The molecular weight excluding hydrogens is 166 g/mol. The first-order chi connectivity index (χ1) is 6.07. The summed E-state index contributed by atoms with van der Waals surface area (Å²) in [7, 11) is 0. The third-order valence-electron chi connectivity index (χ3n) is 1.21. The molecule has 0 unspecified atom stereocenters. The lowest BCUT2D eigenvalue weighted by Crippen LogP contribution is -1.92. The fourth-order valence-corrected chi connectivity index (χ4v) is 0.471. The van der Waals surface area contributed by atoms with Crippen molar-refractivity contribution in [1.82, 2.24) is 4.98 Å². The van der Waals surface area contributed by atoms with Crippen molar-refractivity contribution >= 4 is 12.0 Å². The second-order valence-electron chi connectivity index (χ2n) is 2.42. The van der Waals surface area contributed by atoms with Crippen molar-refractivity contribution < 1.29 is 9.90 Å². The van der Waals surface area contributed by atoms with Gasteiger partial charge in [0.05, 0.1) is 0 Å². The van der Waals surface area contributed by atoms with Gasteiger partial charge in [-0.15, -0.1) is 0 Å². The predicted molar refractivity (Wildman–Crippen MR) is 53.3 cm³/mol. The zero-order valence-corrected chi connectivity index (χ0v) is 7.58. The van der Waals surface area contributed by atoms with E-state index < -0.39 is 5.97 Å². The first-order valence-corrected chi connectivity index (χ1v) is 3.72. The predicted octanol–water partition coefficient (Wildman–Crippen LogP) is 2.30. The molecule has 0 bridgehead atoms. The number of carboxylic acid groups (broad SMARTS) is 1. The van der Waals surface area contributed by atoms with E-state index in [-0.39, 0.29) is 5.57 Å². The molecule has 0 aliphatic heterocycles. The molecule has 0 radical (unpaired) electrons. The fourth-order valence-electron chi connectivity index (χ4n) is 0.471. The molecule has 1 rings (SSSR count). The molecule has 3 nitrogen and oxygen atoms in total. The normalized spacial score (nSPS) is 8.08. The average Bonchev–Trinajstić information content (AvgIpc) is 2.56. The standard InChI is InChI=1S/C6H7N.C4H6O2/c1-2-6-4-3-5-7-6;1-3(2)4(5)6/h2-5,7H,1H2;1H2,2H3,(H,5,6). The summed E-state index contributed by atoms with van der Waals surface area (Å²) in [5, 5.41) is 7.89. The van der Waals surface area contributed by atoms with Gasteiger partial charge in [-0.3, -0.25) is 0 Å². The van der Waals surface area contributed by atoms with E-state index in [1.165, 1.54) is 6.92 Å². The minimum Gasteiger partial charge on any atom is -0.478 e. The van der Waals surface area contributed by atoms with Crippen molar-refractivity contribution in [1.29, 1.82) is 0 Å². The van der Waals surface area contributed by atoms with Crippen molar-refractivity contribution in [3.8, 4) is 0 Å². The van der Waals surface area contributed by atoms with Gasteiger partial charge in [-0.2, -0.15) is 0 Å². The second-order valence-corrected chi connectivity index (χ2v) is 2.42. The molecule has 1 heterocycles. The minimum atomic E-state index is -0.935. The molecule has 0 spiro atoms. The zero-order chi connectivity index (χ0) is 10.3. The number of nitrogens with one attached hydrogen (secondary N) is 1. The Bertz CT molecular complexity index is 274. The van der Waals surface area contributed by atoms with Crippen LogP contribution in [0.25, 0.3) is 6.08 Å². The maximum absolute atomic E-state index is 9.60. The van der Waals surface area contributed by atoms with Gasteiger partial charge in [0.2, 0.25) is 0 Å². The van der Waals surface area contributed by atoms with Gasteiger partial charge in [0, 0.05) is 17.5 Å². The molecule has 0 fully saturated rings. The van der Waals surface area contributed by atoms with Crippen molar-refractivity contribution in [3.63, 3.8) is 0 Å². The summed E-state index contributed by atoms with van der Waals surface area (Å²) in [6.07, 6.45) is 3.65. The summed E-state index contributed by atoms with van der Waals surface area (Å²) in [6, 6.07) is 3.91. The van der Waals surface area contributed by atoms with Crippen molar-refractivity contribution in [2.45, 2.75) is 6.92 Å². The number of hydrogen-bond donors (Lipinski definition) is 2. The molecule has 3 heteroatoms.